The maximum Gasteiger partial charge on any atom is 0.311 e. The largest absolute Gasteiger partial charge is 0.465 e. The third-order valence-corrected chi connectivity index (χ3v) is 5.09. The predicted octanol–water partition coefficient (Wildman–Crippen LogP) is 4.56. The lowest BCUT2D eigenvalue weighted by Crippen LogP contribution is -2.35. The molecule has 4 rings (SSSR count). The van der Waals surface area contributed by atoms with Crippen molar-refractivity contribution >= 4 is 5.97 Å². The average molecular weight is 358 g/mol. The van der Waals surface area contributed by atoms with Gasteiger partial charge in [-0.1, -0.05) is 91.0 Å². The van der Waals surface area contributed by atoms with E-state index < -0.39 is 5.60 Å². The predicted molar refractivity (Wildman–Crippen MR) is 104 cm³/mol. The SMILES string of the molecule is O=C1OCC[C@H]1COC(c1ccccc1)(c1ccccc1)c1ccccc1. The van der Waals surface area contributed by atoms with Crippen LogP contribution in [0, 0.1) is 5.92 Å². The second-order valence-corrected chi connectivity index (χ2v) is 6.74. The molecule has 27 heavy (non-hydrogen) atoms. The Morgan fingerprint density at radius 1 is 0.778 bits per heavy atom. The molecule has 1 fully saturated rings. The summed E-state index contributed by atoms with van der Waals surface area (Å²) in [5, 5.41) is 0. The topological polar surface area (TPSA) is 35.5 Å². The number of rotatable bonds is 6. The summed E-state index contributed by atoms with van der Waals surface area (Å²) in [5.74, 6) is -0.390. The molecule has 0 unspecified atom stereocenters. The van der Waals surface area contributed by atoms with Crippen LogP contribution in [0.15, 0.2) is 91.0 Å². The summed E-state index contributed by atoms with van der Waals surface area (Å²) in [4.78, 5) is 12.0. The molecule has 0 spiro atoms. The van der Waals surface area contributed by atoms with Crippen molar-refractivity contribution in [1.29, 1.82) is 0 Å². The number of hydrogen-bond acceptors (Lipinski definition) is 3. The van der Waals surface area contributed by atoms with E-state index in [9.17, 15) is 4.79 Å². The molecule has 3 aromatic carbocycles. The van der Waals surface area contributed by atoms with Crippen molar-refractivity contribution in [2.24, 2.45) is 5.92 Å². The quantitative estimate of drug-likeness (QED) is 0.479. The number of carbonyl (C=O) groups excluding carboxylic acids is 1. The van der Waals surface area contributed by atoms with Crippen LogP contribution in [0.5, 0.6) is 0 Å². The molecule has 0 saturated carbocycles. The monoisotopic (exact) mass is 358 g/mol. The molecule has 0 aliphatic carbocycles. The Labute approximate surface area is 159 Å². The Balaban J connectivity index is 1.85. The molecule has 1 saturated heterocycles. The van der Waals surface area contributed by atoms with Gasteiger partial charge in [0, 0.05) is 0 Å². The van der Waals surface area contributed by atoms with E-state index in [0.29, 0.717) is 19.6 Å². The van der Waals surface area contributed by atoms with Gasteiger partial charge in [0.1, 0.15) is 5.60 Å². The van der Waals surface area contributed by atoms with Crippen molar-refractivity contribution < 1.29 is 14.3 Å². The van der Waals surface area contributed by atoms with E-state index in [1.807, 2.05) is 54.6 Å². The number of esters is 1. The molecule has 3 aromatic rings. The van der Waals surface area contributed by atoms with Crippen LogP contribution in [0.1, 0.15) is 23.1 Å². The van der Waals surface area contributed by atoms with E-state index in [-0.39, 0.29) is 11.9 Å². The third-order valence-electron chi connectivity index (χ3n) is 5.09. The van der Waals surface area contributed by atoms with Gasteiger partial charge < -0.3 is 9.47 Å². The first kappa shape index (κ1) is 17.5. The summed E-state index contributed by atoms with van der Waals surface area (Å²) in [7, 11) is 0. The van der Waals surface area contributed by atoms with Gasteiger partial charge in [0.05, 0.1) is 19.1 Å². The van der Waals surface area contributed by atoms with Gasteiger partial charge in [-0.15, -0.1) is 0 Å². The van der Waals surface area contributed by atoms with Crippen molar-refractivity contribution in [2.45, 2.75) is 12.0 Å². The van der Waals surface area contributed by atoms with Crippen molar-refractivity contribution in [3.63, 3.8) is 0 Å². The molecule has 0 N–H and O–H groups in total. The summed E-state index contributed by atoms with van der Waals surface area (Å²) in [6.45, 7) is 0.791. The standard InChI is InChI=1S/C24H22O3/c25-23-19(16-17-26-23)18-27-24(20-10-4-1-5-11-20,21-12-6-2-7-13-21)22-14-8-3-9-15-22/h1-15,19H,16-18H2/t19-/m0/s1. The summed E-state index contributed by atoms with van der Waals surface area (Å²) < 4.78 is 11.8. The van der Waals surface area contributed by atoms with Gasteiger partial charge in [0.25, 0.3) is 0 Å². The van der Waals surface area contributed by atoms with E-state index >= 15 is 0 Å². The number of ether oxygens (including phenoxy) is 2. The highest BCUT2D eigenvalue weighted by molar-refractivity contribution is 5.74. The molecule has 0 amide bonds. The van der Waals surface area contributed by atoms with Crippen LogP contribution in [0.2, 0.25) is 0 Å². The Bertz CT molecular complexity index is 779. The lowest BCUT2D eigenvalue weighted by atomic mass is 9.80. The van der Waals surface area contributed by atoms with Crippen molar-refractivity contribution in [3.8, 4) is 0 Å². The summed E-state index contributed by atoms with van der Waals surface area (Å²) >= 11 is 0. The molecule has 1 heterocycles. The first-order chi connectivity index (χ1) is 13.3. The van der Waals surface area contributed by atoms with Gasteiger partial charge in [-0.2, -0.15) is 0 Å². The van der Waals surface area contributed by atoms with Gasteiger partial charge >= 0.3 is 5.97 Å². The number of benzene rings is 3. The van der Waals surface area contributed by atoms with E-state index in [1.165, 1.54) is 0 Å². The van der Waals surface area contributed by atoms with Gasteiger partial charge in [-0.25, -0.2) is 0 Å². The molecule has 0 radical (unpaired) electrons. The van der Waals surface area contributed by atoms with Crippen LogP contribution < -0.4 is 0 Å². The summed E-state index contributed by atoms with van der Waals surface area (Å²) in [5.41, 5.74) is 2.32. The smallest absolute Gasteiger partial charge is 0.311 e. The summed E-state index contributed by atoms with van der Waals surface area (Å²) in [6, 6.07) is 30.6. The molecule has 1 aliphatic rings. The van der Waals surface area contributed by atoms with E-state index in [0.717, 1.165) is 16.7 Å². The molecule has 136 valence electrons. The first-order valence-corrected chi connectivity index (χ1v) is 9.28. The number of cyclic esters (lactones) is 1. The minimum Gasteiger partial charge on any atom is -0.465 e. The Kier molecular flexibility index (Phi) is 5.03. The molecular formula is C24H22O3. The molecular weight excluding hydrogens is 336 g/mol. The maximum absolute atomic E-state index is 12.0. The third kappa shape index (κ3) is 3.38. The lowest BCUT2D eigenvalue weighted by Gasteiger charge is -2.36. The number of carbonyl (C=O) groups is 1. The minimum absolute atomic E-state index is 0.168. The second kappa shape index (κ2) is 7.77. The van der Waals surface area contributed by atoms with Crippen LogP contribution in [-0.4, -0.2) is 19.2 Å². The molecule has 1 aliphatic heterocycles. The molecule has 3 heteroatoms. The second-order valence-electron chi connectivity index (χ2n) is 6.74. The van der Waals surface area contributed by atoms with Gasteiger partial charge in [0.2, 0.25) is 0 Å². The molecule has 3 nitrogen and oxygen atoms in total. The zero-order valence-electron chi connectivity index (χ0n) is 15.1. The molecule has 1 atom stereocenters. The van der Waals surface area contributed by atoms with Crippen molar-refractivity contribution in [3.05, 3.63) is 108 Å². The van der Waals surface area contributed by atoms with Crippen LogP contribution >= 0.6 is 0 Å². The van der Waals surface area contributed by atoms with Crippen LogP contribution in [0.4, 0.5) is 0 Å². The van der Waals surface area contributed by atoms with E-state index in [1.54, 1.807) is 0 Å². The van der Waals surface area contributed by atoms with Gasteiger partial charge in [0.15, 0.2) is 0 Å². The highest BCUT2D eigenvalue weighted by atomic mass is 16.5. The fourth-order valence-electron chi connectivity index (χ4n) is 3.68. The number of hydrogen-bond donors (Lipinski definition) is 0. The Hall–Kier alpha value is -2.91. The molecule has 0 aromatic heterocycles. The maximum atomic E-state index is 12.0. The van der Waals surface area contributed by atoms with Crippen molar-refractivity contribution in [1.82, 2.24) is 0 Å². The first-order valence-electron chi connectivity index (χ1n) is 9.28. The van der Waals surface area contributed by atoms with Crippen LogP contribution in [0.3, 0.4) is 0 Å². The summed E-state index contributed by atoms with van der Waals surface area (Å²) in [6.07, 6.45) is 0.702. The van der Waals surface area contributed by atoms with Gasteiger partial charge in [-0.3, -0.25) is 4.79 Å². The minimum atomic E-state index is -0.785. The fraction of sp³-hybridized carbons (Fsp3) is 0.208. The van der Waals surface area contributed by atoms with Crippen molar-refractivity contribution in [2.75, 3.05) is 13.2 Å². The highest BCUT2D eigenvalue weighted by Crippen LogP contribution is 2.41. The van der Waals surface area contributed by atoms with Crippen LogP contribution in [-0.2, 0) is 19.9 Å². The average Bonchev–Trinajstić information content (AvgIpc) is 3.16. The highest BCUT2D eigenvalue weighted by Gasteiger charge is 2.39. The van der Waals surface area contributed by atoms with Crippen LogP contribution in [0.25, 0.3) is 0 Å². The Morgan fingerprint density at radius 3 is 1.59 bits per heavy atom. The lowest BCUT2D eigenvalue weighted by molar-refractivity contribution is -0.143. The van der Waals surface area contributed by atoms with Gasteiger partial charge in [-0.05, 0) is 23.1 Å². The normalized spacial score (nSPS) is 16.9. The Morgan fingerprint density at radius 2 is 1.22 bits per heavy atom. The fourth-order valence-corrected chi connectivity index (χ4v) is 3.68. The van der Waals surface area contributed by atoms with E-state index in [2.05, 4.69) is 36.4 Å². The van der Waals surface area contributed by atoms with E-state index in [4.69, 9.17) is 9.47 Å². The zero-order valence-corrected chi connectivity index (χ0v) is 15.1. The zero-order chi connectivity index (χ0) is 18.5. The molecule has 0 bridgehead atoms.